The number of ether oxygens (including phenoxy) is 1. The van der Waals surface area contributed by atoms with Gasteiger partial charge in [-0.2, -0.15) is 20.7 Å². The zero-order chi connectivity index (χ0) is 27.4. The molecule has 0 saturated carbocycles. The van der Waals surface area contributed by atoms with Crippen molar-refractivity contribution in [3.05, 3.63) is 84.5 Å². The molecule has 10 nitrogen and oxygen atoms in total. The Kier molecular flexibility index (Phi) is 7.15. The van der Waals surface area contributed by atoms with Gasteiger partial charge < -0.3 is 9.64 Å². The third-order valence-electron chi connectivity index (χ3n) is 6.45. The lowest BCUT2D eigenvalue weighted by molar-refractivity contribution is 0.311. The number of hydrogen-bond donors (Lipinski definition) is 0. The second-order valence-electron chi connectivity index (χ2n) is 8.91. The van der Waals surface area contributed by atoms with Crippen molar-refractivity contribution in [2.45, 2.75) is 25.8 Å². The summed E-state index contributed by atoms with van der Waals surface area (Å²) in [7, 11) is 1.95. The summed E-state index contributed by atoms with van der Waals surface area (Å²) in [5.41, 5.74) is 3.65. The van der Waals surface area contributed by atoms with Crippen LogP contribution in [0.5, 0.6) is 5.75 Å². The summed E-state index contributed by atoms with van der Waals surface area (Å²) >= 11 is 0. The Hall–Kier alpha value is -5.29. The Morgan fingerprint density at radius 2 is 1.92 bits per heavy atom. The lowest BCUT2D eigenvalue weighted by Gasteiger charge is -2.26. The van der Waals surface area contributed by atoms with Crippen LogP contribution in [0.2, 0.25) is 0 Å². The van der Waals surface area contributed by atoms with Crippen molar-refractivity contribution in [3.8, 4) is 34.8 Å². The zero-order valence-corrected chi connectivity index (χ0v) is 21.4. The van der Waals surface area contributed by atoms with Crippen molar-refractivity contribution in [1.82, 2.24) is 29.4 Å². The minimum Gasteiger partial charge on any atom is -0.492 e. The third kappa shape index (κ3) is 5.24. The summed E-state index contributed by atoms with van der Waals surface area (Å²) in [4.78, 5) is 11.1. The highest BCUT2D eigenvalue weighted by Gasteiger charge is 2.17. The number of unbranched alkanes of at least 4 members (excludes halogenated alkanes) is 1. The maximum atomic E-state index is 13.3. The van der Waals surface area contributed by atoms with Crippen molar-refractivity contribution in [2.24, 2.45) is 0 Å². The van der Waals surface area contributed by atoms with E-state index in [1.165, 1.54) is 17.1 Å². The summed E-state index contributed by atoms with van der Waals surface area (Å²) in [5, 5.41) is 26.6. The molecule has 194 valence electrons. The SMILES string of the molecule is C[C@@H](c1ccc(-n2cc(F)cn2)nc1)N(C)c1ccc(-c2cc(OCCCC#N)cn3ncc(C#N)c23)cn1. The van der Waals surface area contributed by atoms with Crippen LogP contribution >= 0.6 is 0 Å². The molecule has 0 aliphatic rings. The number of nitrogens with zero attached hydrogens (tertiary/aromatic N) is 9. The first-order chi connectivity index (χ1) is 19.0. The highest BCUT2D eigenvalue weighted by Crippen LogP contribution is 2.32. The lowest BCUT2D eigenvalue weighted by atomic mass is 10.0. The van der Waals surface area contributed by atoms with E-state index in [-0.39, 0.29) is 6.04 Å². The van der Waals surface area contributed by atoms with Crippen LogP contribution < -0.4 is 9.64 Å². The highest BCUT2D eigenvalue weighted by molar-refractivity contribution is 5.85. The van der Waals surface area contributed by atoms with Crippen LogP contribution in [-0.4, -0.2) is 43.0 Å². The number of nitriles is 2. The van der Waals surface area contributed by atoms with Crippen LogP contribution in [0, 0.1) is 28.5 Å². The number of fused-ring (bicyclic) bond motifs is 1. The summed E-state index contributed by atoms with van der Waals surface area (Å²) in [5.74, 6) is 1.44. The molecule has 0 aromatic carbocycles. The van der Waals surface area contributed by atoms with E-state index in [1.54, 1.807) is 29.2 Å². The normalized spacial score (nSPS) is 11.6. The molecule has 0 amide bonds. The molecule has 0 saturated heterocycles. The Morgan fingerprint density at radius 3 is 2.59 bits per heavy atom. The molecule has 0 aliphatic carbocycles. The van der Waals surface area contributed by atoms with Crippen LogP contribution in [0.3, 0.4) is 0 Å². The fourth-order valence-corrected chi connectivity index (χ4v) is 4.20. The van der Waals surface area contributed by atoms with Crippen LogP contribution in [-0.2, 0) is 0 Å². The number of aromatic nitrogens is 6. The smallest absolute Gasteiger partial charge is 0.161 e. The molecule has 39 heavy (non-hydrogen) atoms. The molecule has 0 N–H and O–H groups in total. The largest absolute Gasteiger partial charge is 0.492 e. The van der Waals surface area contributed by atoms with E-state index < -0.39 is 5.82 Å². The Morgan fingerprint density at radius 1 is 1.05 bits per heavy atom. The number of anilines is 1. The average molecular weight is 522 g/mol. The quantitative estimate of drug-likeness (QED) is 0.252. The van der Waals surface area contributed by atoms with Gasteiger partial charge in [-0.1, -0.05) is 6.07 Å². The molecular formula is C28H24FN9O. The van der Waals surface area contributed by atoms with Crippen LogP contribution in [0.15, 0.2) is 67.5 Å². The number of hydrogen-bond acceptors (Lipinski definition) is 8. The van der Waals surface area contributed by atoms with Crippen molar-refractivity contribution >= 4 is 11.3 Å². The van der Waals surface area contributed by atoms with E-state index >= 15 is 0 Å². The van der Waals surface area contributed by atoms with Gasteiger partial charge in [-0.3, -0.25) is 0 Å². The number of halogens is 1. The monoisotopic (exact) mass is 521 g/mol. The Bertz CT molecular complexity index is 1680. The summed E-state index contributed by atoms with van der Waals surface area (Å²) in [6.45, 7) is 2.45. The molecule has 0 unspecified atom stereocenters. The van der Waals surface area contributed by atoms with Crippen molar-refractivity contribution in [2.75, 3.05) is 18.6 Å². The van der Waals surface area contributed by atoms with E-state index in [0.29, 0.717) is 42.1 Å². The topological polar surface area (TPSA) is 121 Å². The predicted molar refractivity (Wildman–Crippen MR) is 142 cm³/mol. The van der Waals surface area contributed by atoms with Gasteiger partial charge >= 0.3 is 0 Å². The molecular weight excluding hydrogens is 497 g/mol. The summed E-state index contributed by atoms with van der Waals surface area (Å²) in [6.07, 6.45) is 10.2. The van der Waals surface area contributed by atoms with Crippen molar-refractivity contribution in [1.29, 1.82) is 10.5 Å². The van der Waals surface area contributed by atoms with Gasteiger partial charge in [0.25, 0.3) is 0 Å². The maximum Gasteiger partial charge on any atom is 0.161 e. The molecule has 1 atom stereocenters. The molecule has 5 rings (SSSR count). The van der Waals surface area contributed by atoms with E-state index in [2.05, 4.69) is 27.3 Å². The van der Waals surface area contributed by atoms with Crippen molar-refractivity contribution in [3.63, 3.8) is 0 Å². The first-order valence-electron chi connectivity index (χ1n) is 12.3. The van der Waals surface area contributed by atoms with Gasteiger partial charge in [0, 0.05) is 37.0 Å². The number of pyridine rings is 3. The number of rotatable bonds is 9. The standard InChI is InChI=1S/C28H24FN9O/c1-19(20-5-8-27(33-13-20)37-17-23(29)16-35-37)36(2)26-7-6-21(14-32-26)25-11-24(39-10-4-3-9-30)18-38-28(25)22(12-31)15-34-38/h5-8,11,13-19H,3-4,10H2,1-2H3/t19-/m0/s1. The van der Waals surface area contributed by atoms with E-state index in [9.17, 15) is 9.65 Å². The van der Waals surface area contributed by atoms with Gasteiger partial charge in [0.05, 0.1) is 54.6 Å². The second kappa shape index (κ2) is 11.0. The molecule has 5 aromatic rings. The van der Waals surface area contributed by atoms with Gasteiger partial charge in [0.2, 0.25) is 0 Å². The summed E-state index contributed by atoms with van der Waals surface area (Å²) in [6, 6.07) is 13.7. The molecule has 0 aliphatic heterocycles. The highest BCUT2D eigenvalue weighted by atomic mass is 19.1. The lowest BCUT2D eigenvalue weighted by Crippen LogP contribution is -2.22. The fraction of sp³-hybridized carbons (Fsp3) is 0.214. The third-order valence-corrected chi connectivity index (χ3v) is 6.45. The van der Waals surface area contributed by atoms with Gasteiger partial charge in [0.15, 0.2) is 11.6 Å². The molecule has 0 fully saturated rings. The molecule has 0 bridgehead atoms. The molecule has 11 heteroatoms. The van der Waals surface area contributed by atoms with Gasteiger partial charge in [-0.25, -0.2) is 23.6 Å². The van der Waals surface area contributed by atoms with Gasteiger partial charge in [-0.15, -0.1) is 0 Å². The summed E-state index contributed by atoms with van der Waals surface area (Å²) < 4.78 is 22.1. The maximum absolute atomic E-state index is 13.3. The first-order valence-corrected chi connectivity index (χ1v) is 12.3. The van der Waals surface area contributed by atoms with Crippen LogP contribution in [0.1, 0.15) is 36.9 Å². The van der Waals surface area contributed by atoms with Gasteiger partial charge in [-0.05, 0) is 43.2 Å². The minimum atomic E-state index is -0.420. The average Bonchev–Trinajstić information content (AvgIpc) is 3.60. The second-order valence-corrected chi connectivity index (χ2v) is 8.91. The predicted octanol–water partition coefficient (Wildman–Crippen LogP) is 4.87. The molecule has 5 aromatic heterocycles. The molecule has 5 heterocycles. The molecule has 0 spiro atoms. The van der Waals surface area contributed by atoms with E-state index in [1.807, 2.05) is 43.1 Å². The molecule has 0 radical (unpaired) electrons. The minimum absolute atomic E-state index is 0.0453. The van der Waals surface area contributed by atoms with Crippen LogP contribution in [0.4, 0.5) is 10.2 Å². The Labute approximate surface area is 224 Å². The van der Waals surface area contributed by atoms with Crippen LogP contribution in [0.25, 0.3) is 22.5 Å². The first kappa shape index (κ1) is 25.4. The zero-order valence-electron chi connectivity index (χ0n) is 21.4. The van der Waals surface area contributed by atoms with E-state index in [0.717, 1.165) is 28.7 Å². The van der Waals surface area contributed by atoms with Crippen molar-refractivity contribution < 1.29 is 9.13 Å². The Balaban J connectivity index is 1.38. The van der Waals surface area contributed by atoms with Gasteiger partial charge in [0.1, 0.15) is 17.6 Å². The van der Waals surface area contributed by atoms with E-state index in [4.69, 9.17) is 15.0 Å². The fourth-order valence-electron chi connectivity index (χ4n) is 4.20.